The zero-order valence-corrected chi connectivity index (χ0v) is 10.1. The molecule has 0 bridgehead atoms. The number of methoxy groups -OCH3 is 2. The van der Waals surface area contributed by atoms with E-state index < -0.39 is 0 Å². The van der Waals surface area contributed by atoms with Gasteiger partial charge in [-0.05, 0) is 24.1 Å². The molecular weight excluding hydrogens is 224 g/mol. The number of nitrogens with zero attached hydrogens (tertiary/aromatic N) is 1. The highest BCUT2D eigenvalue weighted by Gasteiger charge is 2.03. The van der Waals surface area contributed by atoms with Crippen LogP contribution in [0, 0.1) is 10.7 Å². The van der Waals surface area contributed by atoms with Crippen molar-refractivity contribution in [2.45, 2.75) is 6.42 Å². The molecule has 16 heavy (non-hydrogen) atoms. The summed E-state index contributed by atoms with van der Waals surface area (Å²) in [6, 6.07) is 5.81. The van der Waals surface area contributed by atoms with Crippen LogP contribution in [0.4, 0.5) is 0 Å². The number of nitriles is 1. The van der Waals surface area contributed by atoms with Crippen LogP contribution >= 0.6 is 11.9 Å². The van der Waals surface area contributed by atoms with Crippen LogP contribution in [0.1, 0.15) is 5.56 Å². The van der Waals surface area contributed by atoms with Crippen LogP contribution in [-0.2, 0) is 6.42 Å². The minimum absolute atomic E-state index is 0.727. The molecule has 0 aliphatic heterocycles. The van der Waals surface area contributed by atoms with Gasteiger partial charge in [0.2, 0.25) is 0 Å². The quantitative estimate of drug-likeness (QED) is 0.466. The summed E-state index contributed by atoms with van der Waals surface area (Å²) in [4.78, 5) is 0. The van der Waals surface area contributed by atoms with E-state index in [0.717, 1.165) is 42.0 Å². The van der Waals surface area contributed by atoms with E-state index >= 15 is 0 Å². The molecule has 0 saturated carbocycles. The molecule has 0 aromatic heterocycles. The second kappa shape index (κ2) is 6.99. The molecule has 86 valence electrons. The smallest absolute Gasteiger partial charge is 0.160 e. The first kappa shape index (κ1) is 12.7. The Kier molecular flexibility index (Phi) is 5.54. The summed E-state index contributed by atoms with van der Waals surface area (Å²) in [5, 5.41) is 10.3. The van der Waals surface area contributed by atoms with Gasteiger partial charge in [-0.25, -0.2) is 0 Å². The molecule has 0 aliphatic carbocycles. The number of nitrogens with one attached hydrogen (secondary N) is 1. The molecule has 0 fully saturated rings. The van der Waals surface area contributed by atoms with E-state index in [1.54, 1.807) is 14.2 Å². The molecule has 1 aromatic carbocycles. The van der Waals surface area contributed by atoms with E-state index in [-0.39, 0.29) is 0 Å². The maximum atomic E-state index is 8.33. The van der Waals surface area contributed by atoms with Gasteiger partial charge in [0.15, 0.2) is 11.5 Å². The third kappa shape index (κ3) is 3.65. The van der Waals surface area contributed by atoms with Gasteiger partial charge in [-0.3, -0.25) is 4.72 Å². The van der Waals surface area contributed by atoms with Gasteiger partial charge < -0.3 is 9.47 Å². The van der Waals surface area contributed by atoms with E-state index in [4.69, 9.17) is 14.7 Å². The number of ether oxygens (including phenoxy) is 2. The maximum absolute atomic E-state index is 8.33. The van der Waals surface area contributed by atoms with Crippen LogP contribution in [0.15, 0.2) is 18.2 Å². The molecule has 5 heteroatoms. The van der Waals surface area contributed by atoms with Gasteiger partial charge in [0.1, 0.15) is 5.40 Å². The molecule has 0 spiro atoms. The zero-order valence-electron chi connectivity index (χ0n) is 9.32. The van der Waals surface area contributed by atoms with Crippen molar-refractivity contribution in [1.82, 2.24) is 4.72 Å². The van der Waals surface area contributed by atoms with Gasteiger partial charge in [-0.2, -0.15) is 5.26 Å². The molecule has 0 saturated heterocycles. The Morgan fingerprint density at radius 2 is 2.06 bits per heavy atom. The molecule has 1 rings (SSSR count). The Balaban J connectivity index is 2.58. The Morgan fingerprint density at radius 3 is 2.69 bits per heavy atom. The first-order chi connectivity index (χ1) is 7.81. The van der Waals surface area contributed by atoms with Crippen LogP contribution in [0.2, 0.25) is 0 Å². The minimum Gasteiger partial charge on any atom is -0.493 e. The van der Waals surface area contributed by atoms with Crippen LogP contribution in [-0.4, -0.2) is 20.8 Å². The number of hydrogen-bond acceptors (Lipinski definition) is 5. The number of rotatable bonds is 6. The Morgan fingerprint density at radius 1 is 1.31 bits per heavy atom. The van der Waals surface area contributed by atoms with Crippen LogP contribution in [0.25, 0.3) is 0 Å². The molecule has 0 heterocycles. The first-order valence-corrected chi connectivity index (χ1v) is 5.62. The summed E-state index contributed by atoms with van der Waals surface area (Å²) >= 11 is 1.04. The van der Waals surface area contributed by atoms with Crippen molar-refractivity contribution in [2.75, 3.05) is 20.8 Å². The third-order valence-corrected chi connectivity index (χ3v) is 2.52. The van der Waals surface area contributed by atoms with Gasteiger partial charge in [0.05, 0.1) is 14.2 Å². The minimum atomic E-state index is 0.727. The molecule has 0 aliphatic rings. The second-order valence-corrected chi connectivity index (χ2v) is 3.70. The summed E-state index contributed by atoms with van der Waals surface area (Å²) in [5.74, 6) is 1.46. The monoisotopic (exact) mass is 238 g/mol. The summed E-state index contributed by atoms with van der Waals surface area (Å²) in [6.45, 7) is 0.744. The molecule has 4 nitrogen and oxygen atoms in total. The van der Waals surface area contributed by atoms with Gasteiger partial charge >= 0.3 is 0 Å². The molecular formula is C11H14N2O2S. The summed E-state index contributed by atoms with van der Waals surface area (Å²) in [7, 11) is 3.23. The van der Waals surface area contributed by atoms with E-state index in [1.165, 1.54) is 0 Å². The van der Waals surface area contributed by atoms with Crippen LogP contribution < -0.4 is 14.2 Å². The van der Waals surface area contributed by atoms with Crippen molar-refractivity contribution in [1.29, 1.82) is 5.26 Å². The Hall–Kier alpha value is -1.38. The lowest BCUT2D eigenvalue weighted by Gasteiger charge is -2.09. The number of thiocyanates is 1. The highest BCUT2D eigenvalue weighted by atomic mass is 32.2. The molecule has 1 aromatic rings. The largest absolute Gasteiger partial charge is 0.493 e. The van der Waals surface area contributed by atoms with Crippen LogP contribution in [0.3, 0.4) is 0 Å². The van der Waals surface area contributed by atoms with E-state index in [2.05, 4.69) is 4.72 Å². The van der Waals surface area contributed by atoms with E-state index in [1.807, 2.05) is 23.6 Å². The average Bonchev–Trinajstić information content (AvgIpc) is 2.34. The van der Waals surface area contributed by atoms with Crippen molar-refractivity contribution >= 4 is 11.9 Å². The number of hydrogen-bond donors (Lipinski definition) is 1. The van der Waals surface area contributed by atoms with Crippen LogP contribution in [0.5, 0.6) is 11.5 Å². The lowest BCUT2D eigenvalue weighted by Crippen LogP contribution is -2.07. The highest BCUT2D eigenvalue weighted by molar-refractivity contribution is 8.01. The van der Waals surface area contributed by atoms with E-state index in [0.29, 0.717) is 0 Å². The molecule has 1 N–H and O–H groups in total. The Labute approximate surface area is 99.7 Å². The Bertz CT molecular complexity index is 377. The fraction of sp³-hybridized carbons (Fsp3) is 0.364. The van der Waals surface area contributed by atoms with Crippen molar-refractivity contribution < 1.29 is 9.47 Å². The molecule has 0 atom stereocenters. The fourth-order valence-corrected chi connectivity index (χ4v) is 1.58. The average molecular weight is 238 g/mol. The van der Waals surface area contributed by atoms with Gasteiger partial charge in [0.25, 0.3) is 0 Å². The third-order valence-electron chi connectivity index (χ3n) is 2.08. The lowest BCUT2D eigenvalue weighted by molar-refractivity contribution is 0.354. The SMILES string of the molecule is COc1ccc(CCNSC#N)cc1OC. The topological polar surface area (TPSA) is 54.3 Å². The van der Waals surface area contributed by atoms with Gasteiger partial charge in [-0.1, -0.05) is 6.07 Å². The first-order valence-electron chi connectivity index (χ1n) is 4.80. The standard InChI is InChI=1S/C11H14N2O2S/c1-14-10-4-3-9(7-11(10)15-2)5-6-13-16-8-12/h3-4,7,13H,5-6H2,1-2H3. The fourth-order valence-electron chi connectivity index (χ4n) is 1.31. The van der Waals surface area contributed by atoms with Gasteiger partial charge in [-0.15, -0.1) is 0 Å². The second-order valence-electron chi connectivity index (χ2n) is 3.03. The predicted molar refractivity (Wildman–Crippen MR) is 64.5 cm³/mol. The normalized spacial score (nSPS) is 9.56. The molecule has 0 radical (unpaired) electrons. The molecule has 0 amide bonds. The summed E-state index contributed by atoms with van der Waals surface area (Å²) in [5.41, 5.74) is 1.14. The van der Waals surface area contributed by atoms with Crippen molar-refractivity contribution in [3.8, 4) is 16.9 Å². The van der Waals surface area contributed by atoms with E-state index in [9.17, 15) is 0 Å². The van der Waals surface area contributed by atoms with Crippen molar-refractivity contribution in [2.24, 2.45) is 0 Å². The van der Waals surface area contributed by atoms with Gasteiger partial charge in [0, 0.05) is 18.5 Å². The lowest BCUT2D eigenvalue weighted by atomic mass is 10.1. The highest BCUT2D eigenvalue weighted by Crippen LogP contribution is 2.27. The van der Waals surface area contributed by atoms with Crippen molar-refractivity contribution in [3.05, 3.63) is 23.8 Å². The summed E-state index contributed by atoms with van der Waals surface area (Å²) < 4.78 is 13.3. The zero-order chi connectivity index (χ0) is 11.8. The predicted octanol–water partition coefficient (Wildman–Crippen LogP) is 1.97. The summed E-state index contributed by atoms with van der Waals surface area (Å²) in [6.07, 6.45) is 0.842. The number of benzene rings is 1. The van der Waals surface area contributed by atoms with Crippen molar-refractivity contribution in [3.63, 3.8) is 0 Å². The molecule has 0 unspecified atom stereocenters. The maximum Gasteiger partial charge on any atom is 0.160 e.